The molecule has 4 nitrogen and oxygen atoms in total. The number of hydrogen-bond donors (Lipinski definition) is 3. The molecule has 0 bridgehead atoms. The van der Waals surface area contributed by atoms with Crippen LogP contribution in [0.2, 0.25) is 0 Å². The maximum absolute atomic E-state index is 14.4. The quantitative estimate of drug-likeness (QED) is 0.514. The van der Waals surface area contributed by atoms with E-state index >= 15 is 0 Å². The lowest BCUT2D eigenvalue weighted by Crippen LogP contribution is -2.39. The summed E-state index contributed by atoms with van der Waals surface area (Å²) in [5.41, 5.74) is 1.39. The first-order valence-electron chi connectivity index (χ1n) is 10.4. The van der Waals surface area contributed by atoms with Crippen LogP contribution < -0.4 is 5.32 Å². The molecule has 0 spiro atoms. The average molecular weight is 430 g/mol. The molecule has 1 saturated carbocycles. The third kappa shape index (κ3) is 4.46. The molecule has 1 aromatic heterocycles. The van der Waals surface area contributed by atoms with Gasteiger partial charge in [-0.2, -0.15) is 0 Å². The smallest absolute Gasteiger partial charge is 0.223 e. The van der Waals surface area contributed by atoms with Crippen molar-refractivity contribution in [2.75, 3.05) is 6.54 Å². The summed E-state index contributed by atoms with van der Waals surface area (Å²) in [4.78, 5) is 15.5. The molecule has 4 rings (SSSR count). The summed E-state index contributed by atoms with van der Waals surface area (Å²) in [5.74, 6) is -2.08. The predicted molar refractivity (Wildman–Crippen MR) is 113 cm³/mol. The van der Waals surface area contributed by atoms with Crippen LogP contribution in [0.5, 0.6) is 0 Å². The molecule has 31 heavy (non-hydrogen) atoms. The topological polar surface area (TPSA) is 65.1 Å². The Bertz CT molecular complexity index is 1110. The molecule has 0 atom stereocenters. The van der Waals surface area contributed by atoms with Gasteiger partial charge in [0.25, 0.3) is 0 Å². The van der Waals surface area contributed by atoms with Crippen molar-refractivity contribution in [3.8, 4) is 11.3 Å². The van der Waals surface area contributed by atoms with Gasteiger partial charge in [-0.15, -0.1) is 0 Å². The number of carbonyl (C=O) groups is 1. The number of amides is 1. The van der Waals surface area contributed by atoms with E-state index in [9.17, 15) is 23.1 Å². The highest BCUT2D eigenvalue weighted by molar-refractivity contribution is 5.92. The molecule has 0 saturated heterocycles. The Hall–Kier alpha value is -2.80. The first kappa shape index (κ1) is 21.4. The van der Waals surface area contributed by atoms with Gasteiger partial charge in [0.2, 0.25) is 5.91 Å². The molecule has 1 aliphatic carbocycles. The van der Waals surface area contributed by atoms with Gasteiger partial charge in [0.15, 0.2) is 0 Å². The van der Waals surface area contributed by atoms with E-state index in [0.29, 0.717) is 42.5 Å². The van der Waals surface area contributed by atoms with Gasteiger partial charge in [0, 0.05) is 23.9 Å². The Morgan fingerprint density at radius 2 is 1.81 bits per heavy atom. The van der Waals surface area contributed by atoms with E-state index in [4.69, 9.17) is 0 Å². The molecule has 2 aromatic carbocycles. The summed E-state index contributed by atoms with van der Waals surface area (Å²) in [6, 6.07) is 7.96. The second-order valence-corrected chi connectivity index (χ2v) is 8.95. The van der Waals surface area contributed by atoms with Gasteiger partial charge < -0.3 is 15.4 Å². The second kappa shape index (κ2) is 8.04. The van der Waals surface area contributed by atoms with Crippen molar-refractivity contribution >= 4 is 16.8 Å². The van der Waals surface area contributed by atoms with Crippen molar-refractivity contribution < 1.29 is 23.1 Å². The van der Waals surface area contributed by atoms with Crippen LogP contribution in [-0.2, 0) is 4.79 Å². The zero-order chi connectivity index (χ0) is 22.3. The van der Waals surface area contributed by atoms with Crippen LogP contribution in [0.3, 0.4) is 0 Å². The lowest BCUT2D eigenvalue weighted by molar-refractivity contribution is -0.128. The number of carbonyl (C=O) groups excluding carboxylic acids is 1. The number of fused-ring (bicyclic) bond motifs is 1. The van der Waals surface area contributed by atoms with Gasteiger partial charge in [0.1, 0.15) is 17.5 Å². The molecule has 1 amide bonds. The molecule has 0 radical (unpaired) electrons. The lowest BCUT2D eigenvalue weighted by Gasteiger charge is -2.35. The summed E-state index contributed by atoms with van der Waals surface area (Å²) in [5, 5.41) is 13.1. The summed E-state index contributed by atoms with van der Waals surface area (Å²) in [7, 11) is 0. The number of aromatic nitrogens is 1. The molecule has 1 heterocycles. The number of rotatable bonds is 6. The van der Waals surface area contributed by atoms with Crippen molar-refractivity contribution in [3.05, 3.63) is 59.4 Å². The standard InChI is InChI=1S/C24H25F3N2O2/c1-24(2,31)7-8-28-23(30)15-9-14(10-15)20-18-11-17(26)12-19(27)22(18)29-21(20)13-3-5-16(25)6-4-13/h3-6,11-12,14-15,29,31H,7-10H2,1-2H3,(H,28,30). The highest BCUT2D eigenvalue weighted by Crippen LogP contribution is 2.48. The maximum atomic E-state index is 14.4. The lowest BCUT2D eigenvalue weighted by atomic mass is 9.70. The second-order valence-electron chi connectivity index (χ2n) is 8.95. The third-order valence-corrected chi connectivity index (χ3v) is 5.95. The number of hydrogen-bond acceptors (Lipinski definition) is 2. The number of nitrogens with one attached hydrogen (secondary N) is 2. The number of H-pyrrole nitrogens is 1. The van der Waals surface area contributed by atoms with E-state index in [1.54, 1.807) is 26.0 Å². The fourth-order valence-electron chi connectivity index (χ4n) is 4.21. The van der Waals surface area contributed by atoms with E-state index in [1.807, 2.05) is 0 Å². The molecular weight excluding hydrogens is 405 g/mol. The van der Waals surface area contributed by atoms with E-state index in [-0.39, 0.29) is 29.1 Å². The van der Waals surface area contributed by atoms with Gasteiger partial charge in [-0.25, -0.2) is 13.2 Å². The fourth-order valence-corrected chi connectivity index (χ4v) is 4.21. The average Bonchev–Trinajstić information content (AvgIpc) is 3.00. The van der Waals surface area contributed by atoms with E-state index < -0.39 is 17.2 Å². The number of aromatic amines is 1. The van der Waals surface area contributed by atoms with Crippen LogP contribution in [0, 0.1) is 23.4 Å². The zero-order valence-electron chi connectivity index (χ0n) is 17.4. The van der Waals surface area contributed by atoms with Crippen molar-refractivity contribution in [3.63, 3.8) is 0 Å². The van der Waals surface area contributed by atoms with E-state index in [1.165, 1.54) is 18.2 Å². The molecule has 3 N–H and O–H groups in total. The number of halogens is 3. The van der Waals surface area contributed by atoms with Gasteiger partial charge in [-0.05, 0) is 80.5 Å². The molecule has 0 aliphatic heterocycles. The highest BCUT2D eigenvalue weighted by Gasteiger charge is 2.38. The van der Waals surface area contributed by atoms with E-state index in [2.05, 4.69) is 10.3 Å². The predicted octanol–water partition coefficient (Wildman–Crippen LogP) is 5.02. The van der Waals surface area contributed by atoms with Crippen molar-refractivity contribution in [1.29, 1.82) is 0 Å². The summed E-state index contributed by atoms with van der Waals surface area (Å²) in [6.07, 6.45) is 1.55. The molecule has 1 fully saturated rings. The Balaban J connectivity index is 1.59. The number of benzene rings is 2. The van der Waals surface area contributed by atoms with Crippen molar-refractivity contribution in [1.82, 2.24) is 10.3 Å². The molecule has 0 unspecified atom stereocenters. The van der Waals surface area contributed by atoms with Crippen LogP contribution >= 0.6 is 0 Å². The Kier molecular flexibility index (Phi) is 5.56. The number of aliphatic hydroxyl groups is 1. The fraction of sp³-hybridized carbons (Fsp3) is 0.375. The van der Waals surface area contributed by atoms with E-state index in [0.717, 1.165) is 11.6 Å². The third-order valence-electron chi connectivity index (χ3n) is 5.95. The Labute approximate surface area is 178 Å². The van der Waals surface area contributed by atoms with Crippen LogP contribution in [0.4, 0.5) is 13.2 Å². The summed E-state index contributed by atoms with van der Waals surface area (Å²) >= 11 is 0. The molecule has 164 valence electrons. The minimum atomic E-state index is -0.850. The summed E-state index contributed by atoms with van der Waals surface area (Å²) in [6.45, 7) is 3.75. The molecule has 7 heteroatoms. The summed E-state index contributed by atoms with van der Waals surface area (Å²) < 4.78 is 41.8. The van der Waals surface area contributed by atoms with Crippen molar-refractivity contribution in [2.24, 2.45) is 5.92 Å². The molecule has 1 aliphatic rings. The van der Waals surface area contributed by atoms with Gasteiger partial charge in [-0.1, -0.05) is 0 Å². The van der Waals surface area contributed by atoms with Crippen molar-refractivity contribution in [2.45, 2.75) is 44.6 Å². The Morgan fingerprint density at radius 1 is 1.13 bits per heavy atom. The largest absolute Gasteiger partial charge is 0.390 e. The normalized spacial score (nSPS) is 18.8. The highest BCUT2D eigenvalue weighted by atomic mass is 19.1. The van der Waals surface area contributed by atoms with Crippen LogP contribution in [0.15, 0.2) is 36.4 Å². The van der Waals surface area contributed by atoms with Crippen LogP contribution in [-0.4, -0.2) is 28.1 Å². The zero-order valence-corrected chi connectivity index (χ0v) is 17.4. The molecule has 3 aromatic rings. The maximum Gasteiger partial charge on any atom is 0.223 e. The van der Waals surface area contributed by atoms with Crippen LogP contribution in [0.1, 0.15) is 44.6 Å². The minimum absolute atomic E-state index is 0.0555. The monoisotopic (exact) mass is 430 g/mol. The van der Waals surface area contributed by atoms with Crippen LogP contribution in [0.25, 0.3) is 22.2 Å². The van der Waals surface area contributed by atoms with Gasteiger partial charge in [-0.3, -0.25) is 4.79 Å². The Morgan fingerprint density at radius 3 is 2.45 bits per heavy atom. The van der Waals surface area contributed by atoms with Gasteiger partial charge >= 0.3 is 0 Å². The SMILES string of the molecule is CC(C)(O)CCNC(=O)C1CC(c2c(-c3ccc(F)cc3)[nH]c3c(F)cc(F)cc23)C1. The molecular formula is C24H25F3N2O2. The first-order chi connectivity index (χ1) is 14.6. The first-order valence-corrected chi connectivity index (χ1v) is 10.4. The minimum Gasteiger partial charge on any atom is -0.390 e. The van der Waals surface area contributed by atoms with Gasteiger partial charge in [0.05, 0.1) is 16.8 Å².